The Morgan fingerprint density at radius 2 is 1.35 bits per heavy atom. The Balaban J connectivity index is 1.78. The lowest BCUT2D eigenvalue weighted by molar-refractivity contribution is -0.379. The van der Waals surface area contributed by atoms with E-state index in [2.05, 4.69) is 0 Å². The molecular formula is C17H30O14. The molecule has 3 fully saturated rings. The number of hydrogen-bond acceptors (Lipinski definition) is 14. The highest BCUT2D eigenvalue weighted by Crippen LogP contribution is 2.31. The van der Waals surface area contributed by atoms with Gasteiger partial charge in [-0.25, -0.2) is 0 Å². The highest BCUT2D eigenvalue weighted by atomic mass is 16.8. The van der Waals surface area contributed by atoms with Gasteiger partial charge in [-0.1, -0.05) is 0 Å². The zero-order chi connectivity index (χ0) is 23.0. The maximum atomic E-state index is 10.5. The molecule has 0 spiro atoms. The van der Waals surface area contributed by atoms with Crippen molar-refractivity contribution >= 4 is 0 Å². The summed E-state index contributed by atoms with van der Waals surface area (Å²) < 4.78 is 26.6. The lowest BCUT2D eigenvalue weighted by atomic mass is 9.97. The molecule has 0 unspecified atom stereocenters. The van der Waals surface area contributed by atoms with Gasteiger partial charge >= 0.3 is 0 Å². The second kappa shape index (κ2) is 10.1. The molecule has 0 bridgehead atoms. The minimum Gasteiger partial charge on any atom is -0.394 e. The zero-order valence-electron chi connectivity index (χ0n) is 16.6. The molecule has 3 aliphatic heterocycles. The standard InChI is InChI=1S/C17H30O14/c1-4-7(20)10(23)14(31-16-11(24)8(21)5(19)3-27-16)17(28-4)30-13-9(22)6(2-18)29-15(26)12(13)25/h4-26H,2-3H2,1H3/t4-,5-,6+,7-,8-,9+,10+,11+,12+,13-,14+,15+,16-,17-/m0/s1. The molecule has 3 saturated heterocycles. The predicted molar refractivity (Wildman–Crippen MR) is 93.8 cm³/mol. The average molecular weight is 458 g/mol. The minimum atomic E-state index is -1.80. The van der Waals surface area contributed by atoms with E-state index in [1.165, 1.54) is 6.92 Å². The van der Waals surface area contributed by atoms with Crippen LogP contribution in [0.25, 0.3) is 0 Å². The highest BCUT2D eigenvalue weighted by Gasteiger charge is 2.52. The van der Waals surface area contributed by atoms with Crippen molar-refractivity contribution in [3.8, 4) is 0 Å². The number of hydrogen-bond donors (Lipinski definition) is 9. The predicted octanol–water partition coefficient (Wildman–Crippen LogP) is -5.91. The van der Waals surface area contributed by atoms with Crippen LogP contribution in [0.2, 0.25) is 0 Å². The van der Waals surface area contributed by atoms with Gasteiger partial charge in [-0.05, 0) is 6.92 Å². The van der Waals surface area contributed by atoms with Crippen LogP contribution in [-0.4, -0.2) is 145 Å². The maximum absolute atomic E-state index is 10.5. The van der Waals surface area contributed by atoms with Crippen molar-refractivity contribution in [3.63, 3.8) is 0 Å². The van der Waals surface area contributed by atoms with Crippen molar-refractivity contribution in [2.24, 2.45) is 0 Å². The number of aliphatic hydroxyl groups excluding tert-OH is 9. The minimum absolute atomic E-state index is 0.390. The van der Waals surface area contributed by atoms with Gasteiger partial charge in [0.25, 0.3) is 0 Å². The Labute approximate surface area is 176 Å². The molecule has 0 aromatic carbocycles. The molecule has 0 aromatic heterocycles. The van der Waals surface area contributed by atoms with Gasteiger partial charge in [0.05, 0.1) is 19.3 Å². The molecule has 0 amide bonds. The Morgan fingerprint density at radius 1 is 0.710 bits per heavy atom. The van der Waals surface area contributed by atoms with E-state index < -0.39 is 99.2 Å². The largest absolute Gasteiger partial charge is 0.394 e. The number of ether oxygens (including phenoxy) is 5. The van der Waals surface area contributed by atoms with Crippen molar-refractivity contribution in [3.05, 3.63) is 0 Å². The molecular weight excluding hydrogens is 428 g/mol. The molecule has 0 radical (unpaired) electrons. The molecule has 14 heteroatoms. The lowest BCUT2D eigenvalue weighted by Gasteiger charge is -2.47. The zero-order valence-corrected chi connectivity index (χ0v) is 16.6. The van der Waals surface area contributed by atoms with Crippen molar-refractivity contribution in [1.82, 2.24) is 0 Å². The third kappa shape index (κ3) is 5.02. The summed E-state index contributed by atoms with van der Waals surface area (Å²) in [5.41, 5.74) is 0. The fourth-order valence-electron chi connectivity index (χ4n) is 3.69. The van der Waals surface area contributed by atoms with E-state index >= 15 is 0 Å². The van der Waals surface area contributed by atoms with Gasteiger partial charge in [0.1, 0.15) is 61.0 Å². The molecule has 14 nitrogen and oxygen atoms in total. The van der Waals surface area contributed by atoms with Crippen LogP contribution in [0, 0.1) is 0 Å². The third-order valence-electron chi connectivity index (χ3n) is 5.66. The second-order valence-electron chi connectivity index (χ2n) is 7.87. The summed E-state index contributed by atoms with van der Waals surface area (Å²) in [7, 11) is 0. The van der Waals surface area contributed by atoms with Crippen LogP contribution in [0.1, 0.15) is 6.92 Å². The van der Waals surface area contributed by atoms with Gasteiger partial charge in [0.2, 0.25) is 0 Å². The summed E-state index contributed by atoms with van der Waals surface area (Å²) in [5, 5.41) is 89.8. The number of aliphatic hydroxyl groups is 9. The molecule has 182 valence electrons. The summed E-state index contributed by atoms with van der Waals surface area (Å²) in [6.07, 6.45) is -21.5. The van der Waals surface area contributed by atoms with Gasteiger partial charge in [-0.2, -0.15) is 0 Å². The van der Waals surface area contributed by atoms with Gasteiger partial charge in [-0.15, -0.1) is 0 Å². The van der Waals surface area contributed by atoms with Crippen LogP contribution < -0.4 is 0 Å². The maximum Gasteiger partial charge on any atom is 0.187 e. The summed E-state index contributed by atoms with van der Waals surface area (Å²) in [6, 6.07) is 0. The summed E-state index contributed by atoms with van der Waals surface area (Å²) >= 11 is 0. The van der Waals surface area contributed by atoms with Crippen LogP contribution in [-0.2, 0) is 23.7 Å². The first kappa shape index (κ1) is 25.1. The Kier molecular flexibility index (Phi) is 8.21. The van der Waals surface area contributed by atoms with E-state index in [9.17, 15) is 46.0 Å². The van der Waals surface area contributed by atoms with Crippen molar-refractivity contribution in [1.29, 1.82) is 0 Å². The topological polar surface area (TPSA) is 228 Å². The van der Waals surface area contributed by atoms with Gasteiger partial charge in [0.15, 0.2) is 18.9 Å². The van der Waals surface area contributed by atoms with Crippen LogP contribution in [0.4, 0.5) is 0 Å². The van der Waals surface area contributed by atoms with Gasteiger partial charge in [-0.3, -0.25) is 0 Å². The molecule has 31 heavy (non-hydrogen) atoms. The van der Waals surface area contributed by atoms with Crippen molar-refractivity contribution in [2.45, 2.75) is 92.9 Å². The van der Waals surface area contributed by atoms with Crippen LogP contribution >= 0.6 is 0 Å². The molecule has 3 aliphatic rings. The molecule has 0 aliphatic carbocycles. The van der Waals surface area contributed by atoms with Crippen LogP contribution in [0.3, 0.4) is 0 Å². The summed E-state index contributed by atoms with van der Waals surface area (Å²) in [5.74, 6) is 0. The van der Waals surface area contributed by atoms with E-state index in [1.807, 2.05) is 0 Å². The molecule has 14 atom stereocenters. The highest BCUT2D eigenvalue weighted by molar-refractivity contribution is 4.94. The van der Waals surface area contributed by atoms with Crippen LogP contribution in [0.5, 0.6) is 0 Å². The van der Waals surface area contributed by atoms with Gasteiger partial charge in [0, 0.05) is 0 Å². The first-order chi connectivity index (χ1) is 14.6. The van der Waals surface area contributed by atoms with E-state index in [4.69, 9.17) is 23.7 Å². The Hall–Kier alpha value is -0.560. The number of rotatable bonds is 5. The summed E-state index contributed by atoms with van der Waals surface area (Å²) in [4.78, 5) is 0. The quantitative estimate of drug-likeness (QED) is 0.187. The van der Waals surface area contributed by atoms with Crippen molar-refractivity contribution in [2.75, 3.05) is 13.2 Å². The van der Waals surface area contributed by atoms with E-state index in [0.29, 0.717) is 0 Å². The summed E-state index contributed by atoms with van der Waals surface area (Å²) in [6.45, 7) is 0.323. The first-order valence-electron chi connectivity index (χ1n) is 9.85. The average Bonchev–Trinajstić information content (AvgIpc) is 2.74. The van der Waals surface area contributed by atoms with E-state index in [1.54, 1.807) is 0 Å². The second-order valence-corrected chi connectivity index (χ2v) is 7.87. The Morgan fingerprint density at radius 3 is 2.00 bits per heavy atom. The fourth-order valence-corrected chi connectivity index (χ4v) is 3.69. The third-order valence-corrected chi connectivity index (χ3v) is 5.66. The van der Waals surface area contributed by atoms with E-state index in [-0.39, 0.29) is 0 Å². The smallest absolute Gasteiger partial charge is 0.187 e. The SMILES string of the molecule is C[C@@H]1O[C@@H](O[C@@H]2[C@@H](O)[C@H](O)O[C@H](CO)[C@H]2O)[C@H](O[C@@H]2OC[C@H](O)[C@H](O)[C@H]2O)[C@H](O)[C@H]1O. The lowest BCUT2D eigenvalue weighted by Crippen LogP contribution is -2.65. The van der Waals surface area contributed by atoms with Crippen molar-refractivity contribution < 1.29 is 69.6 Å². The fraction of sp³-hybridized carbons (Fsp3) is 1.00. The first-order valence-corrected chi connectivity index (χ1v) is 9.85. The molecule has 3 heterocycles. The molecule has 3 rings (SSSR count). The van der Waals surface area contributed by atoms with Crippen LogP contribution in [0.15, 0.2) is 0 Å². The monoisotopic (exact) mass is 458 g/mol. The van der Waals surface area contributed by atoms with Gasteiger partial charge < -0.3 is 69.6 Å². The normalized spacial score (nSPS) is 54.0. The van der Waals surface area contributed by atoms with E-state index in [0.717, 1.165) is 0 Å². The Bertz CT molecular complexity index is 581. The molecule has 0 saturated carbocycles. The molecule has 9 N–H and O–H groups in total. The molecule has 0 aromatic rings.